The van der Waals surface area contributed by atoms with Crippen LogP contribution in [0.1, 0.15) is 12.1 Å². The number of hydrogen-bond acceptors (Lipinski definition) is 6. The Morgan fingerprint density at radius 1 is 1.40 bits per heavy atom. The van der Waals surface area contributed by atoms with Gasteiger partial charge in [-0.2, -0.15) is 5.26 Å². The summed E-state index contributed by atoms with van der Waals surface area (Å²) in [6.07, 6.45) is -0.00544. The molecule has 0 saturated carbocycles. The predicted octanol–water partition coefficient (Wildman–Crippen LogP) is 1.31. The zero-order valence-electron chi connectivity index (χ0n) is 11.2. The maximum atomic E-state index is 9.61. The zero-order chi connectivity index (χ0) is 14.4. The molecule has 0 spiro atoms. The molecule has 1 aromatic heterocycles. The molecule has 6 nitrogen and oxygen atoms in total. The fourth-order valence-electron chi connectivity index (χ4n) is 1.95. The number of nitriles is 1. The van der Waals surface area contributed by atoms with E-state index in [9.17, 15) is 5.11 Å². The van der Waals surface area contributed by atoms with Crippen LogP contribution in [0.4, 0.5) is 5.69 Å². The highest BCUT2D eigenvalue weighted by Gasteiger charge is 2.10. The first-order valence-corrected chi connectivity index (χ1v) is 6.32. The summed E-state index contributed by atoms with van der Waals surface area (Å²) in [4.78, 5) is 0. The van der Waals surface area contributed by atoms with E-state index in [4.69, 9.17) is 10.00 Å². The number of aliphatic hydroxyl groups excluding tert-OH is 1. The number of hydrogen-bond donors (Lipinski definition) is 2. The van der Waals surface area contributed by atoms with E-state index in [0.29, 0.717) is 25.3 Å². The molecular formula is C14H16N4O2. The van der Waals surface area contributed by atoms with Gasteiger partial charge in [-0.05, 0) is 12.5 Å². The van der Waals surface area contributed by atoms with Crippen molar-refractivity contribution in [2.24, 2.45) is 0 Å². The second-order valence-electron chi connectivity index (χ2n) is 4.38. The molecule has 0 aliphatic heterocycles. The highest BCUT2D eigenvalue weighted by molar-refractivity contribution is 5.92. The molecule has 0 aliphatic rings. The van der Waals surface area contributed by atoms with Crippen LogP contribution in [0.2, 0.25) is 0 Å². The lowest BCUT2D eigenvalue weighted by Crippen LogP contribution is -2.19. The van der Waals surface area contributed by atoms with Crippen LogP contribution in [0.5, 0.6) is 0 Å². The number of nitrogens with one attached hydrogen (secondary N) is 1. The van der Waals surface area contributed by atoms with E-state index in [0.717, 1.165) is 10.9 Å². The summed E-state index contributed by atoms with van der Waals surface area (Å²) in [5.74, 6) is 0. The van der Waals surface area contributed by atoms with Gasteiger partial charge in [-0.25, -0.2) is 0 Å². The van der Waals surface area contributed by atoms with Crippen molar-refractivity contribution < 1.29 is 9.84 Å². The van der Waals surface area contributed by atoms with E-state index in [1.165, 1.54) is 0 Å². The SMILES string of the molecule is COCC(O)CCNc1c(C#N)nnc2ccccc12. The molecular weight excluding hydrogens is 256 g/mol. The topological polar surface area (TPSA) is 91.1 Å². The molecule has 104 valence electrons. The van der Waals surface area contributed by atoms with Crippen LogP contribution in [0.3, 0.4) is 0 Å². The van der Waals surface area contributed by atoms with Crippen molar-refractivity contribution in [3.8, 4) is 6.07 Å². The summed E-state index contributed by atoms with van der Waals surface area (Å²) in [7, 11) is 1.55. The third-order valence-electron chi connectivity index (χ3n) is 2.91. The summed E-state index contributed by atoms with van der Waals surface area (Å²) >= 11 is 0. The maximum Gasteiger partial charge on any atom is 0.186 e. The van der Waals surface area contributed by atoms with Gasteiger partial charge in [-0.1, -0.05) is 18.2 Å². The van der Waals surface area contributed by atoms with E-state index < -0.39 is 6.10 Å². The minimum absolute atomic E-state index is 0.255. The average Bonchev–Trinajstić information content (AvgIpc) is 2.47. The van der Waals surface area contributed by atoms with Gasteiger partial charge in [0.1, 0.15) is 6.07 Å². The molecule has 6 heteroatoms. The Kier molecular flexibility index (Phi) is 4.82. The predicted molar refractivity (Wildman–Crippen MR) is 75.2 cm³/mol. The summed E-state index contributed by atoms with van der Waals surface area (Å²) < 4.78 is 4.87. The number of aromatic nitrogens is 2. The van der Waals surface area contributed by atoms with Crippen molar-refractivity contribution in [1.82, 2.24) is 10.2 Å². The van der Waals surface area contributed by atoms with Crippen molar-refractivity contribution in [2.75, 3.05) is 25.6 Å². The molecule has 2 aromatic rings. The van der Waals surface area contributed by atoms with Crippen LogP contribution in [0, 0.1) is 11.3 Å². The van der Waals surface area contributed by atoms with Crippen LogP contribution in [-0.4, -0.2) is 41.7 Å². The van der Waals surface area contributed by atoms with E-state index in [2.05, 4.69) is 15.5 Å². The van der Waals surface area contributed by atoms with Gasteiger partial charge >= 0.3 is 0 Å². The van der Waals surface area contributed by atoms with E-state index >= 15 is 0 Å². The van der Waals surface area contributed by atoms with Crippen LogP contribution in [0.15, 0.2) is 24.3 Å². The Morgan fingerprint density at radius 2 is 2.20 bits per heavy atom. The van der Waals surface area contributed by atoms with Crippen LogP contribution in [0.25, 0.3) is 10.9 Å². The zero-order valence-corrected chi connectivity index (χ0v) is 11.2. The molecule has 0 bridgehead atoms. The van der Waals surface area contributed by atoms with E-state index in [1.54, 1.807) is 7.11 Å². The second kappa shape index (κ2) is 6.80. The van der Waals surface area contributed by atoms with Gasteiger partial charge < -0.3 is 15.2 Å². The number of fused-ring (bicyclic) bond motifs is 1. The number of ether oxygens (including phenoxy) is 1. The Bertz CT molecular complexity index is 624. The number of benzene rings is 1. The molecule has 2 rings (SSSR count). The van der Waals surface area contributed by atoms with Crippen LogP contribution in [-0.2, 0) is 4.74 Å². The third-order valence-corrected chi connectivity index (χ3v) is 2.91. The van der Waals surface area contributed by atoms with Gasteiger partial charge in [0.05, 0.1) is 23.9 Å². The molecule has 1 atom stereocenters. The summed E-state index contributed by atoms with van der Waals surface area (Å²) in [6.45, 7) is 0.816. The average molecular weight is 272 g/mol. The van der Waals surface area contributed by atoms with E-state index in [-0.39, 0.29) is 5.69 Å². The number of rotatable bonds is 6. The standard InChI is InChI=1S/C14H16N4O2/c1-20-9-10(19)6-7-16-14-11-4-2-3-5-12(11)17-18-13(14)8-15/h2-5,10,19H,6-7,9H2,1H3,(H,16,17). The third kappa shape index (κ3) is 3.20. The fourth-order valence-corrected chi connectivity index (χ4v) is 1.95. The monoisotopic (exact) mass is 272 g/mol. The van der Waals surface area contributed by atoms with E-state index in [1.807, 2.05) is 30.3 Å². The van der Waals surface area contributed by atoms with Crippen molar-refractivity contribution in [1.29, 1.82) is 5.26 Å². The van der Waals surface area contributed by atoms with Crippen LogP contribution >= 0.6 is 0 Å². The number of aliphatic hydroxyl groups is 1. The van der Waals surface area contributed by atoms with Crippen molar-refractivity contribution in [2.45, 2.75) is 12.5 Å². The Balaban J connectivity index is 2.17. The molecule has 1 aromatic carbocycles. The first-order valence-electron chi connectivity index (χ1n) is 6.32. The lowest BCUT2D eigenvalue weighted by Gasteiger charge is -2.12. The smallest absolute Gasteiger partial charge is 0.186 e. The molecule has 0 saturated heterocycles. The molecule has 0 aliphatic carbocycles. The quantitative estimate of drug-likeness (QED) is 0.824. The van der Waals surface area contributed by atoms with Crippen molar-refractivity contribution in [3.63, 3.8) is 0 Å². The molecule has 2 N–H and O–H groups in total. The number of nitrogens with zero attached hydrogens (tertiary/aromatic N) is 3. The maximum absolute atomic E-state index is 9.61. The molecule has 20 heavy (non-hydrogen) atoms. The number of methoxy groups -OCH3 is 1. The van der Waals surface area contributed by atoms with Gasteiger partial charge in [0, 0.05) is 19.0 Å². The molecule has 0 radical (unpaired) electrons. The minimum Gasteiger partial charge on any atom is -0.391 e. The largest absolute Gasteiger partial charge is 0.391 e. The molecule has 1 unspecified atom stereocenters. The molecule has 0 fully saturated rings. The normalized spacial score (nSPS) is 12.1. The van der Waals surface area contributed by atoms with Crippen molar-refractivity contribution in [3.05, 3.63) is 30.0 Å². The number of anilines is 1. The van der Waals surface area contributed by atoms with Gasteiger partial charge in [-0.15, -0.1) is 10.2 Å². The van der Waals surface area contributed by atoms with Crippen LogP contribution < -0.4 is 5.32 Å². The Labute approximate surface area is 117 Å². The first kappa shape index (κ1) is 14.2. The summed E-state index contributed by atoms with van der Waals surface area (Å²) in [5, 5.41) is 30.6. The lowest BCUT2D eigenvalue weighted by molar-refractivity contribution is 0.0615. The summed E-state index contributed by atoms with van der Waals surface area (Å²) in [5.41, 5.74) is 1.64. The minimum atomic E-state index is -0.529. The van der Waals surface area contributed by atoms with Gasteiger partial charge in [-0.3, -0.25) is 0 Å². The Morgan fingerprint density at radius 3 is 2.95 bits per heavy atom. The highest BCUT2D eigenvalue weighted by atomic mass is 16.5. The Hall–Kier alpha value is -2.23. The first-order chi connectivity index (χ1) is 9.76. The van der Waals surface area contributed by atoms with Gasteiger partial charge in [0.2, 0.25) is 0 Å². The highest BCUT2D eigenvalue weighted by Crippen LogP contribution is 2.23. The molecule has 1 heterocycles. The summed E-state index contributed by atoms with van der Waals surface area (Å²) in [6, 6.07) is 9.51. The lowest BCUT2D eigenvalue weighted by atomic mass is 10.1. The molecule has 0 amide bonds. The second-order valence-corrected chi connectivity index (χ2v) is 4.38. The fraction of sp³-hybridized carbons (Fsp3) is 0.357. The van der Waals surface area contributed by atoms with Gasteiger partial charge in [0.15, 0.2) is 5.69 Å². The van der Waals surface area contributed by atoms with Crippen molar-refractivity contribution >= 4 is 16.6 Å². The van der Waals surface area contributed by atoms with Gasteiger partial charge in [0.25, 0.3) is 0 Å².